The van der Waals surface area contributed by atoms with Gasteiger partial charge in [0.1, 0.15) is 34.4 Å². The van der Waals surface area contributed by atoms with Crippen molar-refractivity contribution in [2.24, 2.45) is 0 Å². The average Bonchev–Trinajstić information content (AvgIpc) is 2.91. The largest absolute Gasteiger partial charge is 0.465 e. The van der Waals surface area contributed by atoms with E-state index in [2.05, 4.69) is 25.9 Å². The lowest BCUT2D eigenvalue weighted by Crippen LogP contribution is -2.60. The van der Waals surface area contributed by atoms with Crippen LogP contribution in [-0.4, -0.2) is 62.9 Å². The summed E-state index contributed by atoms with van der Waals surface area (Å²) in [6.45, 7) is 3.02. The third-order valence-electron chi connectivity index (χ3n) is 6.94. The maximum absolute atomic E-state index is 14.8. The molecular weight excluding hydrogens is 547 g/mol. The molecule has 14 heteroatoms. The van der Waals surface area contributed by atoms with E-state index in [4.69, 9.17) is 4.74 Å². The lowest BCUT2D eigenvalue weighted by Gasteiger charge is -2.45. The Hall–Kier alpha value is -4.56. The van der Waals surface area contributed by atoms with Crippen LogP contribution >= 0.6 is 0 Å². The molecule has 216 valence electrons. The van der Waals surface area contributed by atoms with Crippen molar-refractivity contribution in [3.05, 3.63) is 77.0 Å². The number of benzene rings is 1. The number of halogens is 3. The molecule has 1 saturated heterocycles. The van der Waals surface area contributed by atoms with Crippen LogP contribution in [0.2, 0.25) is 0 Å². The van der Waals surface area contributed by atoms with Gasteiger partial charge in [-0.05, 0) is 44.2 Å². The predicted octanol–water partition coefficient (Wildman–Crippen LogP) is 3.41. The van der Waals surface area contributed by atoms with Gasteiger partial charge >= 0.3 is 6.09 Å². The highest BCUT2D eigenvalue weighted by atomic mass is 19.1. The predicted molar refractivity (Wildman–Crippen MR) is 139 cm³/mol. The molecule has 41 heavy (non-hydrogen) atoms. The molecule has 4 rings (SSSR count). The van der Waals surface area contributed by atoms with Crippen molar-refractivity contribution in [1.82, 2.24) is 20.6 Å². The van der Waals surface area contributed by atoms with E-state index < -0.39 is 76.2 Å². The Kier molecular flexibility index (Phi) is 8.26. The molecule has 1 aromatic carbocycles. The Morgan fingerprint density at radius 1 is 1.07 bits per heavy atom. The van der Waals surface area contributed by atoms with Crippen molar-refractivity contribution in [1.29, 1.82) is 0 Å². The van der Waals surface area contributed by atoms with E-state index in [9.17, 15) is 37.8 Å². The number of hydrogen-bond acceptors (Lipinski definition) is 7. The summed E-state index contributed by atoms with van der Waals surface area (Å²) in [6, 6.07) is 3.91. The molecule has 3 amide bonds. The molecule has 5 N–H and O–H groups in total. The van der Waals surface area contributed by atoms with Crippen LogP contribution in [0.25, 0.3) is 11.3 Å². The highest BCUT2D eigenvalue weighted by Crippen LogP contribution is 2.39. The summed E-state index contributed by atoms with van der Waals surface area (Å²) in [7, 11) is 1.28. The molecular formula is C27H26F3N5O6. The number of rotatable bonds is 6. The molecule has 0 spiro atoms. The molecule has 4 atom stereocenters. The van der Waals surface area contributed by atoms with Crippen molar-refractivity contribution in [2.45, 2.75) is 44.1 Å². The van der Waals surface area contributed by atoms with Crippen molar-refractivity contribution >= 4 is 23.6 Å². The van der Waals surface area contributed by atoms with Gasteiger partial charge in [-0.1, -0.05) is 0 Å². The fourth-order valence-corrected chi connectivity index (χ4v) is 4.53. The van der Waals surface area contributed by atoms with Gasteiger partial charge in [0.05, 0.1) is 35.7 Å². The summed E-state index contributed by atoms with van der Waals surface area (Å²) in [5.74, 6) is -5.26. The first-order valence-electron chi connectivity index (χ1n) is 12.3. The van der Waals surface area contributed by atoms with Crippen molar-refractivity contribution < 1.29 is 42.5 Å². The molecule has 3 aromatic rings. The Balaban J connectivity index is 1.64. The second kappa shape index (κ2) is 11.5. The van der Waals surface area contributed by atoms with Crippen LogP contribution in [0.3, 0.4) is 0 Å². The third-order valence-corrected chi connectivity index (χ3v) is 6.94. The van der Waals surface area contributed by atoms with Gasteiger partial charge < -0.3 is 30.9 Å². The van der Waals surface area contributed by atoms with Crippen LogP contribution in [0.15, 0.2) is 42.7 Å². The van der Waals surface area contributed by atoms with E-state index in [0.717, 1.165) is 24.3 Å². The fraction of sp³-hybridized carbons (Fsp3) is 0.296. The second-order valence-electron chi connectivity index (χ2n) is 9.57. The lowest BCUT2D eigenvalue weighted by molar-refractivity contribution is -0.176. The normalized spacial score (nSPS) is 22.1. The second-order valence-corrected chi connectivity index (χ2v) is 9.57. The third kappa shape index (κ3) is 5.98. The number of pyridine rings is 2. The molecule has 1 aliphatic rings. The first-order valence-corrected chi connectivity index (χ1v) is 12.3. The van der Waals surface area contributed by atoms with Crippen LogP contribution < -0.4 is 16.0 Å². The maximum Gasteiger partial charge on any atom is 0.404 e. The summed E-state index contributed by atoms with van der Waals surface area (Å²) in [5, 5.41) is 27.1. The van der Waals surface area contributed by atoms with Gasteiger partial charge in [-0.25, -0.2) is 22.9 Å². The zero-order valence-corrected chi connectivity index (χ0v) is 22.0. The number of amides is 3. The molecule has 0 bridgehead atoms. The monoisotopic (exact) mass is 573 g/mol. The summed E-state index contributed by atoms with van der Waals surface area (Å²) in [5.41, 5.74) is -3.34. The van der Waals surface area contributed by atoms with E-state index in [1.165, 1.54) is 32.4 Å². The minimum absolute atomic E-state index is 0.0140. The summed E-state index contributed by atoms with van der Waals surface area (Å²) < 4.78 is 50.2. The molecule has 11 nitrogen and oxygen atoms in total. The minimum atomic E-state index is -1.52. The number of nitrogens with zero attached hydrogens (tertiary/aromatic N) is 2. The summed E-state index contributed by atoms with van der Waals surface area (Å²) >= 11 is 0. The lowest BCUT2D eigenvalue weighted by atomic mass is 9.82. The standard InChI is InChI=1S/C27H26F3N5O6/c1-12-27(2,40)21(35-26(38)39)10-20(41-12)14-6-7-32-11-19(14)34-25(37)18-5-4-15(28)23(33-18)22-16(29)8-13(9-17(22)30)24(36)31-3/h4-9,11-12,20-21,35,40H,10H2,1-3H3,(H,31,36)(H,34,37)(H,38,39)/t12-,20-,21-,27-/m1/s1. The van der Waals surface area contributed by atoms with E-state index in [1.807, 2.05) is 0 Å². The number of carboxylic acid groups (broad SMARTS) is 1. The van der Waals surface area contributed by atoms with Crippen LogP contribution in [0.1, 0.15) is 52.8 Å². The molecule has 0 unspecified atom stereocenters. The molecule has 0 saturated carbocycles. The van der Waals surface area contributed by atoms with Crippen LogP contribution in [0, 0.1) is 17.5 Å². The number of aromatic nitrogens is 2. The topological polar surface area (TPSA) is 163 Å². The van der Waals surface area contributed by atoms with Gasteiger partial charge in [-0.3, -0.25) is 14.6 Å². The maximum atomic E-state index is 14.8. The van der Waals surface area contributed by atoms with Crippen LogP contribution in [-0.2, 0) is 4.74 Å². The number of carbonyl (C=O) groups excluding carboxylic acids is 2. The van der Waals surface area contributed by atoms with E-state index >= 15 is 0 Å². The van der Waals surface area contributed by atoms with E-state index in [1.54, 1.807) is 6.92 Å². The zero-order valence-electron chi connectivity index (χ0n) is 22.0. The smallest absolute Gasteiger partial charge is 0.404 e. The number of aliphatic hydroxyl groups is 1. The first-order chi connectivity index (χ1) is 19.3. The van der Waals surface area contributed by atoms with Crippen LogP contribution in [0.5, 0.6) is 0 Å². The Morgan fingerprint density at radius 2 is 1.76 bits per heavy atom. The zero-order chi connectivity index (χ0) is 30.1. The van der Waals surface area contributed by atoms with Crippen molar-refractivity contribution in [3.63, 3.8) is 0 Å². The number of anilines is 1. The molecule has 1 fully saturated rings. The number of nitrogens with one attached hydrogen (secondary N) is 3. The molecule has 0 radical (unpaired) electrons. The summed E-state index contributed by atoms with van der Waals surface area (Å²) in [4.78, 5) is 44.0. The van der Waals surface area contributed by atoms with Crippen LogP contribution in [0.4, 0.5) is 23.7 Å². The molecule has 3 heterocycles. The van der Waals surface area contributed by atoms with Gasteiger partial charge in [0.2, 0.25) is 0 Å². The highest BCUT2D eigenvalue weighted by molar-refractivity contribution is 6.03. The van der Waals surface area contributed by atoms with Gasteiger partial charge in [-0.15, -0.1) is 0 Å². The van der Waals surface area contributed by atoms with Gasteiger partial charge in [0.15, 0.2) is 0 Å². The Morgan fingerprint density at radius 3 is 2.39 bits per heavy atom. The van der Waals surface area contributed by atoms with E-state index in [0.29, 0.717) is 5.56 Å². The Labute approximate surface area is 231 Å². The molecule has 0 aliphatic carbocycles. The van der Waals surface area contributed by atoms with Crippen molar-refractivity contribution in [2.75, 3.05) is 12.4 Å². The SMILES string of the molecule is CNC(=O)c1cc(F)c(-c2nc(C(=O)Nc3cnccc3[C@H]3C[C@@H](NC(=O)O)[C@](C)(O)[C@@H](C)O3)ccc2F)c(F)c1. The van der Waals surface area contributed by atoms with Gasteiger partial charge in [0.25, 0.3) is 11.8 Å². The number of ether oxygens (including phenoxy) is 1. The number of hydrogen-bond donors (Lipinski definition) is 5. The highest BCUT2D eigenvalue weighted by Gasteiger charge is 2.46. The quantitative estimate of drug-likeness (QED) is 0.300. The fourth-order valence-electron chi connectivity index (χ4n) is 4.53. The average molecular weight is 574 g/mol. The van der Waals surface area contributed by atoms with Gasteiger partial charge in [-0.2, -0.15) is 0 Å². The van der Waals surface area contributed by atoms with E-state index in [-0.39, 0.29) is 17.7 Å². The molecule has 2 aromatic heterocycles. The molecule has 1 aliphatic heterocycles. The minimum Gasteiger partial charge on any atom is -0.465 e. The summed E-state index contributed by atoms with van der Waals surface area (Å²) in [6.07, 6.45) is -0.182. The first kappa shape index (κ1) is 29.4. The van der Waals surface area contributed by atoms with Crippen molar-refractivity contribution in [3.8, 4) is 11.3 Å². The number of carbonyl (C=O) groups is 3. The van der Waals surface area contributed by atoms with Gasteiger partial charge in [0, 0.05) is 30.8 Å². The Bertz CT molecular complexity index is 1500.